The third-order valence-electron chi connectivity index (χ3n) is 4.26. The summed E-state index contributed by atoms with van der Waals surface area (Å²) in [4.78, 5) is 61.1. The Morgan fingerprint density at radius 3 is 1.53 bits per heavy atom. The number of carbonyl (C=O) groups is 5. The summed E-state index contributed by atoms with van der Waals surface area (Å²) >= 11 is 0. The lowest BCUT2D eigenvalue weighted by Gasteiger charge is -2.28. The van der Waals surface area contributed by atoms with E-state index in [4.69, 9.17) is 21.1 Å². The third kappa shape index (κ3) is 16.0. The summed E-state index contributed by atoms with van der Waals surface area (Å²) in [6.07, 6.45) is 0.608. The third-order valence-corrected chi connectivity index (χ3v) is 4.26. The number of nitrogens with one attached hydrogen (secondary N) is 2. The van der Waals surface area contributed by atoms with Crippen LogP contribution < -0.4 is 16.4 Å². The molecule has 0 aromatic carbocycles. The zero-order valence-corrected chi connectivity index (χ0v) is 18.3. The van der Waals surface area contributed by atoms with Crippen LogP contribution in [0.2, 0.25) is 0 Å². The molecule has 0 heterocycles. The van der Waals surface area contributed by atoms with Crippen LogP contribution in [0.1, 0.15) is 6.42 Å². The highest BCUT2D eigenvalue weighted by Gasteiger charge is 2.19. The zero-order chi connectivity index (χ0) is 24.5. The Morgan fingerprint density at radius 1 is 0.688 bits per heavy atom. The highest BCUT2D eigenvalue weighted by molar-refractivity contribution is 5.81. The maximum Gasteiger partial charge on any atom is 0.317 e. The number of rotatable bonds is 19. The Kier molecular flexibility index (Phi) is 15.4. The molecule has 0 aromatic heterocycles. The molecule has 7 N–H and O–H groups in total. The minimum atomic E-state index is -1.20. The highest BCUT2D eigenvalue weighted by Crippen LogP contribution is 1.97. The monoisotopic (exact) mass is 462 g/mol. The fraction of sp³-hybridized carbons (Fsp3) is 0.722. The maximum atomic E-state index is 12.1. The second-order valence-electron chi connectivity index (χ2n) is 7.04. The smallest absolute Gasteiger partial charge is 0.317 e. The first kappa shape index (κ1) is 29.2. The molecule has 0 aliphatic heterocycles. The molecule has 0 aromatic rings. The summed E-state index contributed by atoms with van der Waals surface area (Å²) in [5, 5.41) is 32.1. The number of carboxylic acid groups (broad SMARTS) is 3. The number of nitrogens with two attached hydrogens (primary N) is 1. The fourth-order valence-electron chi connectivity index (χ4n) is 2.71. The van der Waals surface area contributed by atoms with Crippen molar-refractivity contribution in [3.8, 4) is 0 Å². The van der Waals surface area contributed by atoms with Gasteiger partial charge in [-0.15, -0.1) is 0 Å². The molecule has 14 nitrogen and oxygen atoms in total. The van der Waals surface area contributed by atoms with Crippen LogP contribution in [0.3, 0.4) is 0 Å². The summed E-state index contributed by atoms with van der Waals surface area (Å²) in [7, 11) is 1.46. The first-order chi connectivity index (χ1) is 15.1. The van der Waals surface area contributed by atoms with Gasteiger partial charge in [-0.2, -0.15) is 0 Å². The van der Waals surface area contributed by atoms with Crippen LogP contribution in [0.15, 0.2) is 0 Å². The SMILES string of the molecule is CNC(=O)CN(CCN(CCN(CC(=O)O)CC(=O)O)CC(=O)O)CC(=O)NCCCN. The normalized spacial score (nSPS) is 11.0. The molecule has 0 radical (unpaired) electrons. The van der Waals surface area contributed by atoms with E-state index in [1.807, 2.05) is 0 Å². The molecule has 0 saturated heterocycles. The van der Waals surface area contributed by atoms with Crippen molar-refractivity contribution >= 4 is 29.7 Å². The van der Waals surface area contributed by atoms with E-state index in [0.717, 1.165) is 0 Å². The number of likely N-dealkylation sites (N-methyl/N-ethyl adjacent to an activating group) is 1. The number of hydrogen-bond donors (Lipinski definition) is 6. The number of amides is 2. The van der Waals surface area contributed by atoms with Crippen LogP contribution in [0.5, 0.6) is 0 Å². The van der Waals surface area contributed by atoms with Crippen molar-refractivity contribution in [2.45, 2.75) is 6.42 Å². The van der Waals surface area contributed by atoms with Crippen molar-refractivity contribution < 1.29 is 39.3 Å². The lowest BCUT2D eigenvalue weighted by Crippen LogP contribution is -2.47. The highest BCUT2D eigenvalue weighted by atomic mass is 16.4. The molecule has 32 heavy (non-hydrogen) atoms. The Balaban J connectivity index is 5.01. The van der Waals surface area contributed by atoms with Crippen LogP contribution in [0.4, 0.5) is 0 Å². The van der Waals surface area contributed by atoms with E-state index in [9.17, 15) is 24.0 Å². The zero-order valence-electron chi connectivity index (χ0n) is 18.3. The number of hydrogen-bond acceptors (Lipinski definition) is 9. The molecule has 0 saturated carbocycles. The molecule has 0 bridgehead atoms. The molecule has 0 aliphatic carbocycles. The van der Waals surface area contributed by atoms with Gasteiger partial charge in [-0.05, 0) is 13.0 Å². The molecule has 0 aliphatic rings. The van der Waals surface area contributed by atoms with Gasteiger partial charge in [0.2, 0.25) is 11.8 Å². The first-order valence-electron chi connectivity index (χ1n) is 10.1. The Hall–Kier alpha value is -2.81. The molecule has 2 amide bonds. The Morgan fingerprint density at radius 2 is 1.09 bits per heavy atom. The second kappa shape index (κ2) is 16.8. The summed E-state index contributed by atoms with van der Waals surface area (Å²) in [6.45, 7) is -0.262. The van der Waals surface area contributed by atoms with Crippen molar-refractivity contribution in [2.75, 3.05) is 79.0 Å². The fourth-order valence-corrected chi connectivity index (χ4v) is 2.71. The standard InChI is InChI=1S/C18H34N6O8/c1-20-14(25)9-23(10-15(26)21-4-2-3-19)7-5-22(11-16(27)28)6-8-24(12-17(29)30)13-18(31)32/h2-13,19H2,1H3,(H,20,25)(H,21,26)(H,27,28)(H,29,30)(H,31,32). The van der Waals surface area contributed by atoms with E-state index >= 15 is 0 Å². The predicted octanol–water partition coefficient (Wildman–Crippen LogP) is -3.64. The molecule has 0 atom stereocenters. The quantitative estimate of drug-likeness (QED) is 0.103. The van der Waals surface area contributed by atoms with E-state index in [2.05, 4.69) is 10.6 Å². The topological polar surface area (TPSA) is 206 Å². The van der Waals surface area contributed by atoms with Gasteiger partial charge in [0.25, 0.3) is 0 Å². The molecule has 0 spiro atoms. The average molecular weight is 463 g/mol. The van der Waals surface area contributed by atoms with Crippen LogP contribution >= 0.6 is 0 Å². The van der Waals surface area contributed by atoms with Crippen LogP contribution in [-0.2, 0) is 24.0 Å². The number of carboxylic acids is 3. The van der Waals surface area contributed by atoms with Gasteiger partial charge >= 0.3 is 17.9 Å². The van der Waals surface area contributed by atoms with Crippen LogP contribution in [0, 0.1) is 0 Å². The number of nitrogens with zero attached hydrogens (tertiary/aromatic N) is 3. The number of aliphatic carboxylic acids is 3. The molecule has 0 unspecified atom stereocenters. The van der Waals surface area contributed by atoms with Gasteiger partial charge in [0.1, 0.15) is 0 Å². The Bertz CT molecular complexity index is 617. The predicted molar refractivity (Wildman–Crippen MR) is 113 cm³/mol. The van der Waals surface area contributed by atoms with Crippen molar-refractivity contribution in [2.24, 2.45) is 5.73 Å². The molecule has 14 heteroatoms. The minimum absolute atomic E-state index is 0.0148. The lowest BCUT2D eigenvalue weighted by atomic mass is 10.3. The molecule has 184 valence electrons. The van der Waals surface area contributed by atoms with Gasteiger partial charge in [0.05, 0.1) is 32.7 Å². The van der Waals surface area contributed by atoms with Crippen molar-refractivity contribution in [1.82, 2.24) is 25.3 Å². The molecular formula is C18H34N6O8. The summed E-state index contributed by atoms with van der Waals surface area (Å²) in [6, 6.07) is 0. The van der Waals surface area contributed by atoms with E-state index in [0.29, 0.717) is 19.5 Å². The molecular weight excluding hydrogens is 428 g/mol. The number of carbonyl (C=O) groups excluding carboxylic acids is 2. The van der Waals surface area contributed by atoms with Crippen LogP contribution in [0.25, 0.3) is 0 Å². The van der Waals surface area contributed by atoms with Gasteiger partial charge in [-0.1, -0.05) is 0 Å². The van der Waals surface area contributed by atoms with Gasteiger partial charge in [0, 0.05) is 39.8 Å². The van der Waals surface area contributed by atoms with Crippen molar-refractivity contribution in [3.05, 3.63) is 0 Å². The molecule has 0 rings (SSSR count). The van der Waals surface area contributed by atoms with Gasteiger partial charge in [-0.3, -0.25) is 38.7 Å². The van der Waals surface area contributed by atoms with E-state index in [1.54, 1.807) is 4.90 Å². The van der Waals surface area contributed by atoms with Gasteiger partial charge < -0.3 is 31.7 Å². The summed E-state index contributed by atoms with van der Waals surface area (Å²) in [5.41, 5.74) is 5.39. The van der Waals surface area contributed by atoms with Crippen LogP contribution in [-0.4, -0.2) is 139 Å². The largest absolute Gasteiger partial charge is 0.480 e. The van der Waals surface area contributed by atoms with Gasteiger partial charge in [0.15, 0.2) is 0 Å². The van der Waals surface area contributed by atoms with E-state index < -0.39 is 31.0 Å². The average Bonchev–Trinajstić information content (AvgIpc) is 2.68. The van der Waals surface area contributed by atoms with E-state index in [-0.39, 0.29) is 57.6 Å². The Labute approximate surface area is 186 Å². The van der Waals surface area contributed by atoms with Gasteiger partial charge in [-0.25, -0.2) is 0 Å². The maximum absolute atomic E-state index is 12.1. The van der Waals surface area contributed by atoms with E-state index in [1.165, 1.54) is 16.8 Å². The second-order valence-corrected chi connectivity index (χ2v) is 7.04. The lowest BCUT2D eigenvalue weighted by molar-refractivity contribution is -0.143. The van der Waals surface area contributed by atoms with Crippen molar-refractivity contribution in [3.63, 3.8) is 0 Å². The first-order valence-corrected chi connectivity index (χ1v) is 10.1. The minimum Gasteiger partial charge on any atom is -0.480 e. The summed E-state index contributed by atoms with van der Waals surface area (Å²) in [5.74, 6) is -4.15. The van der Waals surface area contributed by atoms with Crippen molar-refractivity contribution in [1.29, 1.82) is 0 Å². The summed E-state index contributed by atoms with van der Waals surface area (Å²) < 4.78 is 0. The molecule has 0 fully saturated rings.